The van der Waals surface area contributed by atoms with Crippen LogP contribution in [-0.4, -0.2) is 19.1 Å². The van der Waals surface area contributed by atoms with Crippen molar-refractivity contribution in [1.82, 2.24) is 0 Å². The van der Waals surface area contributed by atoms with Gasteiger partial charge in [-0.2, -0.15) is 5.26 Å². The Labute approximate surface area is 85.1 Å². The maximum atomic E-state index is 10.7. The molecule has 0 aromatic carbocycles. The first-order valence-electron chi connectivity index (χ1n) is 4.82. The number of aliphatic carboxylic acids is 1. The van der Waals surface area contributed by atoms with Crippen LogP contribution in [0.25, 0.3) is 0 Å². The third-order valence-electron chi connectivity index (χ3n) is 2.89. The summed E-state index contributed by atoms with van der Waals surface area (Å²) in [6.07, 6.45) is 1.63. The highest BCUT2D eigenvalue weighted by Crippen LogP contribution is 2.33. The largest absolute Gasteiger partial charge is 0.477 e. The highest BCUT2D eigenvalue weighted by Gasteiger charge is 2.28. The lowest BCUT2D eigenvalue weighted by molar-refractivity contribution is -0.132. The Morgan fingerprint density at radius 2 is 1.93 bits per heavy atom. The minimum Gasteiger partial charge on any atom is -0.477 e. The van der Waals surface area contributed by atoms with Crippen molar-refractivity contribution in [2.45, 2.75) is 38.0 Å². The Kier molecular flexibility index (Phi) is 3.12. The molecule has 3 nitrogen and oxygen atoms in total. The summed E-state index contributed by atoms with van der Waals surface area (Å²) in [6.45, 7) is 4.63. The minimum absolute atomic E-state index is 0.0190. The fourth-order valence-corrected chi connectivity index (χ4v) is 3.96. The molecular formula is C10H15NO2Si. The molecule has 1 N–H and O–H groups in total. The van der Waals surface area contributed by atoms with Gasteiger partial charge in [0.1, 0.15) is 11.6 Å². The molecule has 0 spiro atoms. The zero-order chi connectivity index (χ0) is 10.8. The molecule has 4 heteroatoms. The molecular weight excluding hydrogens is 194 g/mol. The molecule has 0 unspecified atom stereocenters. The first-order valence-corrected chi connectivity index (χ1v) is 8.23. The van der Waals surface area contributed by atoms with E-state index in [4.69, 9.17) is 10.4 Å². The van der Waals surface area contributed by atoms with Gasteiger partial charge in [-0.15, -0.1) is 0 Å². The molecule has 0 amide bonds. The SMILES string of the molecule is C[Si]1(C)CCC(=C(C#N)C(=O)O)CC1. The predicted octanol–water partition coefficient (Wildman–Crippen LogP) is 2.39. The van der Waals surface area contributed by atoms with Gasteiger partial charge in [0.05, 0.1) is 0 Å². The molecule has 0 bridgehead atoms. The fourth-order valence-electron chi connectivity index (χ4n) is 1.76. The molecule has 1 aliphatic heterocycles. The van der Waals surface area contributed by atoms with Crippen molar-refractivity contribution in [2.24, 2.45) is 0 Å². The third kappa shape index (κ3) is 2.45. The second-order valence-corrected chi connectivity index (χ2v) is 9.89. The van der Waals surface area contributed by atoms with Crippen molar-refractivity contribution >= 4 is 14.0 Å². The van der Waals surface area contributed by atoms with E-state index >= 15 is 0 Å². The van der Waals surface area contributed by atoms with Gasteiger partial charge in [0.2, 0.25) is 0 Å². The summed E-state index contributed by atoms with van der Waals surface area (Å²) in [5, 5.41) is 17.5. The Hall–Kier alpha value is -1.08. The van der Waals surface area contributed by atoms with Gasteiger partial charge in [0.15, 0.2) is 0 Å². The van der Waals surface area contributed by atoms with Crippen LogP contribution in [-0.2, 0) is 4.79 Å². The van der Waals surface area contributed by atoms with Crippen molar-refractivity contribution < 1.29 is 9.90 Å². The van der Waals surface area contributed by atoms with Crippen LogP contribution >= 0.6 is 0 Å². The van der Waals surface area contributed by atoms with E-state index in [1.165, 1.54) is 0 Å². The first-order chi connectivity index (χ1) is 6.46. The number of rotatable bonds is 1. The maximum Gasteiger partial charge on any atom is 0.346 e. The first kappa shape index (κ1) is 11.0. The lowest BCUT2D eigenvalue weighted by Crippen LogP contribution is -2.29. The van der Waals surface area contributed by atoms with E-state index in [0.29, 0.717) is 0 Å². The van der Waals surface area contributed by atoms with Crippen molar-refractivity contribution in [3.8, 4) is 6.07 Å². The predicted molar refractivity (Wildman–Crippen MR) is 56.6 cm³/mol. The van der Waals surface area contributed by atoms with Crippen molar-refractivity contribution in [1.29, 1.82) is 5.26 Å². The number of hydrogen-bond acceptors (Lipinski definition) is 2. The Morgan fingerprint density at radius 1 is 1.43 bits per heavy atom. The second kappa shape index (κ2) is 3.97. The average molecular weight is 209 g/mol. The zero-order valence-electron chi connectivity index (χ0n) is 8.63. The van der Waals surface area contributed by atoms with Crippen molar-refractivity contribution in [3.63, 3.8) is 0 Å². The van der Waals surface area contributed by atoms with Gasteiger partial charge in [-0.25, -0.2) is 4.79 Å². The van der Waals surface area contributed by atoms with Crippen molar-refractivity contribution in [2.75, 3.05) is 0 Å². The molecule has 1 heterocycles. The van der Waals surface area contributed by atoms with Gasteiger partial charge in [-0.3, -0.25) is 0 Å². The molecule has 0 aliphatic carbocycles. The molecule has 1 saturated heterocycles. The average Bonchev–Trinajstić information content (AvgIpc) is 2.08. The highest BCUT2D eigenvalue weighted by molar-refractivity contribution is 6.77. The molecule has 0 aromatic heterocycles. The molecule has 0 atom stereocenters. The van der Waals surface area contributed by atoms with Crippen molar-refractivity contribution in [3.05, 3.63) is 11.1 Å². The minimum atomic E-state index is -1.07. The molecule has 14 heavy (non-hydrogen) atoms. The van der Waals surface area contributed by atoms with E-state index in [1.54, 1.807) is 6.07 Å². The van der Waals surface area contributed by atoms with Crippen LogP contribution in [0.4, 0.5) is 0 Å². The lowest BCUT2D eigenvalue weighted by atomic mass is 10.0. The number of allylic oxidation sites excluding steroid dienone is 1. The van der Waals surface area contributed by atoms with Crippen LogP contribution in [0, 0.1) is 11.3 Å². The van der Waals surface area contributed by atoms with E-state index in [9.17, 15) is 4.79 Å². The third-order valence-corrected chi connectivity index (χ3v) is 6.09. The summed E-state index contributed by atoms with van der Waals surface area (Å²) in [6, 6.07) is 4.02. The van der Waals surface area contributed by atoms with Gasteiger partial charge in [0.25, 0.3) is 0 Å². The van der Waals surface area contributed by atoms with Gasteiger partial charge >= 0.3 is 5.97 Å². The van der Waals surface area contributed by atoms with Gasteiger partial charge < -0.3 is 5.11 Å². The standard InChI is InChI=1S/C10H15NO2Si/c1-14(2)5-3-8(4-6-14)9(7-11)10(12)13/h3-6H2,1-2H3,(H,12,13). The molecule has 76 valence electrons. The number of nitriles is 1. The summed E-state index contributed by atoms with van der Waals surface area (Å²) in [5.74, 6) is -1.07. The zero-order valence-corrected chi connectivity index (χ0v) is 9.63. The van der Waals surface area contributed by atoms with Crippen LogP contribution in [0.3, 0.4) is 0 Å². The Morgan fingerprint density at radius 3 is 2.29 bits per heavy atom. The number of carbonyl (C=O) groups is 1. The fraction of sp³-hybridized carbons (Fsp3) is 0.600. The monoisotopic (exact) mass is 209 g/mol. The number of carboxylic acids is 1. The second-order valence-electron chi connectivity index (χ2n) is 4.56. The molecule has 1 rings (SSSR count). The summed E-state index contributed by atoms with van der Waals surface area (Å²) in [7, 11) is -1.06. The molecule has 0 saturated carbocycles. The van der Waals surface area contributed by atoms with E-state index in [0.717, 1.165) is 30.5 Å². The smallest absolute Gasteiger partial charge is 0.346 e. The van der Waals surface area contributed by atoms with Crippen LogP contribution in [0.1, 0.15) is 12.8 Å². The number of carboxylic acid groups (broad SMARTS) is 1. The van der Waals surface area contributed by atoms with Crippen LogP contribution in [0.2, 0.25) is 25.2 Å². The lowest BCUT2D eigenvalue weighted by Gasteiger charge is -2.28. The Balaban J connectivity index is 2.83. The van der Waals surface area contributed by atoms with Gasteiger partial charge in [-0.1, -0.05) is 25.2 Å². The highest BCUT2D eigenvalue weighted by atomic mass is 28.3. The van der Waals surface area contributed by atoms with E-state index in [1.807, 2.05) is 0 Å². The quantitative estimate of drug-likeness (QED) is 0.410. The van der Waals surface area contributed by atoms with Crippen LogP contribution < -0.4 is 0 Å². The summed E-state index contributed by atoms with van der Waals surface area (Å²) in [4.78, 5) is 10.7. The number of hydrogen-bond donors (Lipinski definition) is 1. The maximum absolute atomic E-state index is 10.7. The normalized spacial score (nSPS) is 19.9. The summed E-state index contributed by atoms with van der Waals surface area (Å²) >= 11 is 0. The van der Waals surface area contributed by atoms with E-state index < -0.39 is 14.0 Å². The molecule has 0 aromatic rings. The number of nitrogens with zero attached hydrogens (tertiary/aromatic N) is 1. The van der Waals surface area contributed by atoms with E-state index in [-0.39, 0.29) is 5.57 Å². The Bertz CT molecular complexity index is 314. The van der Waals surface area contributed by atoms with Gasteiger partial charge in [-0.05, 0) is 18.4 Å². The van der Waals surface area contributed by atoms with Crippen LogP contribution in [0.5, 0.6) is 0 Å². The van der Waals surface area contributed by atoms with Crippen LogP contribution in [0.15, 0.2) is 11.1 Å². The summed E-state index contributed by atoms with van der Waals surface area (Å²) in [5.41, 5.74) is 0.835. The topological polar surface area (TPSA) is 61.1 Å². The molecule has 0 radical (unpaired) electrons. The molecule has 1 aliphatic rings. The van der Waals surface area contributed by atoms with E-state index in [2.05, 4.69) is 13.1 Å². The summed E-state index contributed by atoms with van der Waals surface area (Å²) < 4.78 is 0. The molecule has 1 fully saturated rings. The van der Waals surface area contributed by atoms with Gasteiger partial charge in [0, 0.05) is 8.07 Å².